The Bertz CT molecular complexity index is 1030. The van der Waals surface area contributed by atoms with Crippen molar-refractivity contribution in [3.63, 3.8) is 0 Å². The van der Waals surface area contributed by atoms with E-state index in [-0.39, 0.29) is 5.57 Å². The summed E-state index contributed by atoms with van der Waals surface area (Å²) in [5.74, 6) is -2.28. The Kier molecular flexibility index (Phi) is 5.45. The number of aliphatic carboxylic acids is 1. The molecular weight excluding hydrogens is 376 g/mol. The highest BCUT2D eigenvalue weighted by Gasteiger charge is 2.37. The number of ether oxygens (including phenoxy) is 1. The lowest BCUT2D eigenvalue weighted by Crippen LogP contribution is -2.54. The van der Waals surface area contributed by atoms with Crippen molar-refractivity contribution >= 4 is 35.6 Å². The fourth-order valence-electron chi connectivity index (χ4n) is 2.75. The van der Waals surface area contributed by atoms with Gasteiger partial charge in [-0.3, -0.25) is 14.9 Å². The number of anilines is 1. The Morgan fingerprint density at radius 1 is 1.10 bits per heavy atom. The van der Waals surface area contributed by atoms with Gasteiger partial charge < -0.3 is 9.84 Å². The molecule has 148 valence electrons. The van der Waals surface area contributed by atoms with Crippen molar-refractivity contribution in [3.8, 4) is 5.75 Å². The Morgan fingerprint density at radius 2 is 1.76 bits per heavy atom. The number of nitrogens with one attached hydrogen (secondary N) is 1. The van der Waals surface area contributed by atoms with Crippen molar-refractivity contribution < 1.29 is 29.0 Å². The van der Waals surface area contributed by atoms with Crippen LogP contribution in [0, 0.1) is 6.92 Å². The monoisotopic (exact) mass is 394 g/mol. The molecule has 1 heterocycles. The minimum Gasteiger partial charge on any atom is -0.479 e. The number of imide groups is 2. The second kappa shape index (κ2) is 7.97. The fourth-order valence-corrected chi connectivity index (χ4v) is 2.75. The Morgan fingerprint density at radius 3 is 2.38 bits per heavy atom. The van der Waals surface area contributed by atoms with Crippen molar-refractivity contribution in [2.75, 3.05) is 4.90 Å². The van der Waals surface area contributed by atoms with E-state index >= 15 is 0 Å². The summed E-state index contributed by atoms with van der Waals surface area (Å²) in [7, 11) is 0. The van der Waals surface area contributed by atoms with Gasteiger partial charge in [0.1, 0.15) is 11.3 Å². The lowest BCUT2D eigenvalue weighted by Gasteiger charge is -2.27. The summed E-state index contributed by atoms with van der Waals surface area (Å²) in [6.07, 6.45) is 0.346. The maximum Gasteiger partial charge on any atom is 0.344 e. The first-order valence-electron chi connectivity index (χ1n) is 8.74. The number of para-hydroxylation sites is 1. The molecule has 29 heavy (non-hydrogen) atoms. The van der Waals surface area contributed by atoms with Crippen LogP contribution in [0.15, 0.2) is 54.1 Å². The Balaban J connectivity index is 1.89. The van der Waals surface area contributed by atoms with E-state index in [0.29, 0.717) is 22.6 Å². The molecule has 0 aliphatic carbocycles. The first-order valence-corrected chi connectivity index (χ1v) is 8.74. The van der Waals surface area contributed by atoms with Crippen molar-refractivity contribution in [2.45, 2.75) is 20.0 Å². The number of carboxylic acid groups (broad SMARTS) is 1. The summed E-state index contributed by atoms with van der Waals surface area (Å²) >= 11 is 0. The van der Waals surface area contributed by atoms with E-state index in [1.165, 1.54) is 25.1 Å². The molecule has 3 rings (SSSR count). The Hall–Kier alpha value is -3.94. The van der Waals surface area contributed by atoms with Gasteiger partial charge in [-0.15, -0.1) is 0 Å². The normalized spacial score (nSPS) is 16.6. The maximum atomic E-state index is 12.9. The summed E-state index contributed by atoms with van der Waals surface area (Å²) in [6.45, 7) is 3.16. The molecule has 0 radical (unpaired) electrons. The predicted octanol–water partition coefficient (Wildman–Crippen LogP) is 2.51. The minimum absolute atomic E-state index is 0.194. The average molecular weight is 394 g/mol. The molecule has 0 saturated carbocycles. The number of amides is 4. The van der Waals surface area contributed by atoms with E-state index in [1.54, 1.807) is 43.3 Å². The first kappa shape index (κ1) is 19.8. The van der Waals surface area contributed by atoms with Gasteiger partial charge in [0.05, 0.1) is 5.69 Å². The van der Waals surface area contributed by atoms with Gasteiger partial charge in [0.25, 0.3) is 11.8 Å². The number of carbonyl (C=O) groups is 4. The van der Waals surface area contributed by atoms with Crippen molar-refractivity contribution in [1.82, 2.24) is 5.32 Å². The molecule has 8 nitrogen and oxygen atoms in total. The molecule has 0 bridgehead atoms. The van der Waals surface area contributed by atoms with Gasteiger partial charge in [-0.1, -0.05) is 30.3 Å². The number of hydrogen-bond donors (Lipinski definition) is 2. The van der Waals surface area contributed by atoms with Gasteiger partial charge >= 0.3 is 12.0 Å². The van der Waals surface area contributed by atoms with Crippen LogP contribution in [0.4, 0.5) is 10.5 Å². The molecule has 1 fully saturated rings. The molecule has 1 atom stereocenters. The number of urea groups is 1. The van der Waals surface area contributed by atoms with Crippen LogP contribution in [-0.2, 0) is 14.4 Å². The van der Waals surface area contributed by atoms with Gasteiger partial charge in [-0.2, -0.15) is 0 Å². The molecular formula is C21H18N2O6. The van der Waals surface area contributed by atoms with E-state index in [9.17, 15) is 19.2 Å². The Labute approximate surface area is 166 Å². The second-order valence-corrected chi connectivity index (χ2v) is 6.41. The predicted molar refractivity (Wildman–Crippen MR) is 104 cm³/mol. The van der Waals surface area contributed by atoms with E-state index in [4.69, 9.17) is 9.84 Å². The van der Waals surface area contributed by atoms with E-state index < -0.39 is 29.9 Å². The fraction of sp³-hybridized carbons (Fsp3) is 0.143. The van der Waals surface area contributed by atoms with Crippen molar-refractivity contribution in [3.05, 3.63) is 65.2 Å². The molecule has 0 unspecified atom stereocenters. The zero-order valence-corrected chi connectivity index (χ0v) is 15.7. The SMILES string of the molecule is Cc1ccccc1N1C(=O)NC(=O)/C(=C\c2ccc(O[C@H](C)C(=O)O)cc2)C1=O. The lowest BCUT2D eigenvalue weighted by molar-refractivity contribution is -0.144. The number of hydrogen-bond acceptors (Lipinski definition) is 5. The van der Waals surface area contributed by atoms with Gasteiger partial charge in [0, 0.05) is 0 Å². The number of barbiturate groups is 1. The maximum absolute atomic E-state index is 12.9. The van der Waals surface area contributed by atoms with Crippen LogP contribution in [0.25, 0.3) is 6.08 Å². The highest BCUT2D eigenvalue weighted by atomic mass is 16.5. The average Bonchev–Trinajstić information content (AvgIpc) is 2.67. The molecule has 1 aliphatic heterocycles. The molecule has 2 N–H and O–H groups in total. The molecule has 2 aromatic rings. The smallest absolute Gasteiger partial charge is 0.344 e. The van der Waals surface area contributed by atoms with Crippen molar-refractivity contribution in [2.24, 2.45) is 0 Å². The van der Waals surface area contributed by atoms with Gasteiger partial charge in [-0.25, -0.2) is 14.5 Å². The zero-order chi connectivity index (χ0) is 21.1. The number of rotatable bonds is 5. The number of carbonyl (C=O) groups excluding carboxylic acids is 3. The zero-order valence-electron chi connectivity index (χ0n) is 15.7. The van der Waals surface area contributed by atoms with E-state index in [0.717, 1.165) is 4.90 Å². The molecule has 0 aromatic heterocycles. The third kappa shape index (κ3) is 4.16. The van der Waals surface area contributed by atoms with Crippen molar-refractivity contribution in [1.29, 1.82) is 0 Å². The second-order valence-electron chi connectivity index (χ2n) is 6.41. The van der Waals surface area contributed by atoms with Gasteiger partial charge in [-0.05, 0) is 49.2 Å². The summed E-state index contributed by atoms with van der Waals surface area (Å²) in [4.78, 5) is 49.1. The molecule has 2 aromatic carbocycles. The summed E-state index contributed by atoms with van der Waals surface area (Å²) < 4.78 is 5.25. The highest BCUT2D eigenvalue weighted by Crippen LogP contribution is 2.25. The largest absolute Gasteiger partial charge is 0.479 e. The number of benzene rings is 2. The van der Waals surface area contributed by atoms with Crippen LogP contribution in [-0.4, -0.2) is 35.0 Å². The summed E-state index contributed by atoms with van der Waals surface area (Å²) in [6, 6.07) is 12.3. The van der Waals surface area contributed by atoms with Crippen LogP contribution in [0.3, 0.4) is 0 Å². The van der Waals surface area contributed by atoms with E-state index in [1.807, 2.05) is 0 Å². The van der Waals surface area contributed by atoms with Gasteiger partial charge in [0.2, 0.25) is 0 Å². The molecule has 8 heteroatoms. The third-order valence-corrected chi connectivity index (χ3v) is 4.31. The van der Waals surface area contributed by atoms with Crippen LogP contribution < -0.4 is 15.0 Å². The standard InChI is InChI=1S/C21H18N2O6/c1-12-5-3-4-6-17(12)23-19(25)16(18(24)22-21(23)28)11-14-7-9-15(10-8-14)29-13(2)20(26)27/h3-11,13H,1-2H3,(H,26,27)(H,22,24,28)/b16-11+/t13-/m1/s1. The third-order valence-electron chi connectivity index (χ3n) is 4.31. The van der Waals surface area contributed by atoms with E-state index in [2.05, 4.69) is 5.32 Å². The van der Waals surface area contributed by atoms with Crippen LogP contribution in [0.1, 0.15) is 18.1 Å². The first-order chi connectivity index (χ1) is 13.8. The quantitative estimate of drug-likeness (QED) is 0.595. The van der Waals surface area contributed by atoms with Crippen LogP contribution in [0.5, 0.6) is 5.75 Å². The topological polar surface area (TPSA) is 113 Å². The number of carboxylic acids is 1. The molecule has 1 saturated heterocycles. The van der Waals surface area contributed by atoms with Crippen LogP contribution >= 0.6 is 0 Å². The number of nitrogens with zero attached hydrogens (tertiary/aromatic N) is 1. The molecule has 4 amide bonds. The molecule has 1 aliphatic rings. The highest BCUT2D eigenvalue weighted by molar-refractivity contribution is 6.39. The van der Waals surface area contributed by atoms with Gasteiger partial charge in [0.15, 0.2) is 6.10 Å². The lowest BCUT2D eigenvalue weighted by atomic mass is 10.1. The minimum atomic E-state index is -1.10. The molecule has 0 spiro atoms. The summed E-state index contributed by atoms with van der Waals surface area (Å²) in [5, 5.41) is 11.1. The number of aryl methyl sites for hydroxylation is 1. The van der Waals surface area contributed by atoms with Crippen LogP contribution in [0.2, 0.25) is 0 Å². The summed E-state index contributed by atoms with van der Waals surface area (Å²) in [5.41, 5.74) is 1.41.